The molecule has 162 valence electrons. The van der Waals surface area contributed by atoms with E-state index in [1.165, 1.54) is 5.56 Å². The molecule has 6 nitrogen and oxygen atoms in total. The molecule has 5 rings (SSSR count). The molecule has 6 heteroatoms. The van der Waals surface area contributed by atoms with Crippen LogP contribution >= 0.6 is 0 Å². The molecule has 0 N–H and O–H groups in total. The molecular weight excluding hydrogens is 400 g/mol. The molecule has 1 fully saturated rings. The van der Waals surface area contributed by atoms with Crippen LogP contribution in [-0.4, -0.2) is 51.6 Å². The standard InChI is InChI=1S/C26H26N4O2/c31-26(24-4-1-3-21(15-24)16-29-10-9-27-19-29)30-11-12-32-18-22(17-30)13-20-6-7-25-23(14-20)5-2-8-28-25/h1-10,14-15,19,22H,11-13,16-18H2/t22-/m1/s1. The Hall–Kier alpha value is -3.51. The van der Waals surface area contributed by atoms with Gasteiger partial charge >= 0.3 is 0 Å². The number of hydrogen-bond acceptors (Lipinski definition) is 4. The van der Waals surface area contributed by atoms with E-state index >= 15 is 0 Å². The molecule has 0 aliphatic carbocycles. The minimum Gasteiger partial charge on any atom is -0.379 e. The van der Waals surface area contributed by atoms with Crippen molar-refractivity contribution in [3.8, 4) is 0 Å². The lowest BCUT2D eigenvalue weighted by atomic mass is 9.98. The van der Waals surface area contributed by atoms with E-state index in [4.69, 9.17) is 4.74 Å². The number of aromatic nitrogens is 3. The first-order valence-corrected chi connectivity index (χ1v) is 11.0. The van der Waals surface area contributed by atoms with Crippen LogP contribution in [0.1, 0.15) is 21.5 Å². The van der Waals surface area contributed by atoms with Gasteiger partial charge in [-0.15, -0.1) is 0 Å². The van der Waals surface area contributed by atoms with Gasteiger partial charge in [0.25, 0.3) is 5.91 Å². The molecule has 2 aromatic heterocycles. The number of rotatable bonds is 5. The summed E-state index contributed by atoms with van der Waals surface area (Å²) in [5.74, 6) is 0.320. The number of hydrogen-bond donors (Lipinski definition) is 0. The van der Waals surface area contributed by atoms with Crippen LogP contribution in [0.25, 0.3) is 10.9 Å². The van der Waals surface area contributed by atoms with E-state index in [2.05, 4.69) is 34.2 Å². The Labute approximate surface area is 187 Å². The average Bonchev–Trinajstić information content (AvgIpc) is 3.22. The van der Waals surface area contributed by atoms with Crippen molar-refractivity contribution in [2.45, 2.75) is 13.0 Å². The van der Waals surface area contributed by atoms with Crippen molar-refractivity contribution in [2.75, 3.05) is 26.3 Å². The van der Waals surface area contributed by atoms with Crippen molar-refractivity contribution in [2.24, 2.45) is 5.92 Å². The fraction of sp³-hybridized carbons (Fsp3) is 0.269. The highest BCUT2D eigenvalue weighted by Gasteiger charge is 2.24. The summed E-state index contributed by atoms with van der Waals surface area (Å²) < 4.78 is 7.86. The molecule has 1 amide bonds. The van der Waals surface area contributed by atoms with Crippen LogP contribution in [0.2, 0.25) is 0 Å². The summed E-state index contributed by atoms with van der Waals surface area (Å²) in [7, 11) is 0. The normalized spacial score (nSPS) is 16.8. The molecular formula is C26H26N4O2. The fourth-order valence-corrected chi connectivity index (χ4v) is 4.35. The number of carbonyl (C=O) groups is 1. The first-order chi connectivity index (χ1) is 15.7. The third kappa shape index (κ3) is 4.70. The van der Waals surface area contributed by atoms with Crippen molar-refractivity contribution >= 4 is 16.8 Å². The Morgan fingerprint density at radius 1 is 1.06 bits per heavy atom. The van der Waals surface area contributed by atoms with Crippen LogP contribution in [-0.2, 0) is 17.7 Å². The van der Waals surface area contributed by atoms with E-state index in [9.17, 15) is 4.79 Å². The van der Waals surface area contributed by atoms with Gasteiger partial charge in [-0.05, 0) is 47.9 Å². The number of imidazole rings is 1. The molecule has 3 heterocycles. The van der Waals surface area contributed by atoms with Crippen LogP contribution in [0.3, 0.4) is 0 Å². The summed E-state index contributed by atoms with van der Waals surface area (Å²) in [5, 5.41) is 1.14. The molecule has 0 spiro atoms. The summed E-state index contributed by atoms with van der Waals surface area (Å²) >= 11 is 0. The van der Waals surface area contributed by atoms with Gasteiger partial charge < -0.3 is 14.2 Å². The molecule has 4 aromatic rings. The predicted octanol–water partition coefficient (Wildman–Crippen LogP) is 3.81. The number of pyridine rings is 1. The number of amides is 1. The number of ether oxygens (including phenoxy) is 1. The highest BCUT2D eigenvalue weighted by Crippen LogP contribution is 2.20. The van der Waals surface area contributed by atoms with Gasteiger partial charge in [-0.3, -0.25) is 9.78 Å². The minimum atomic E-state index is 0.0655. The van der Waals surface area contributed by atoms with Crippen molar-refractivity contribution in [3.05, 3.63) is 96.2 Å². The summed E-state index contributed by atoms with van der Waals surface area (Å²) in [5.41, 5.74) is 4.05. The Morgan fingerprint density at radius 2 is 2.03 bits per heavy atom. The zero-order valence-electron chi connectivity index (χ0n) is 17.9. The largest absolute Gasteiger partial charge is 0.379 e. The number of benzene rings is 2. The van der Waals surface area contributed by atoms with Crippen LogP contribution in [0.4, 0.5) is 0 Å². The summed E-state index contributed by atoms with van der Waals surface area (Å²) in [6.45, 7) is 3.23. The minimum absolute atomic E-state index is 0.0655. The Morgan fingerprint density at radius 3 is 2.94 bits per heavy atom. The molecule has 0 saturated carbocycles. The van der Waals surface area contributed by atoms with Gasteiger partial charge in [0.05, 0.1) is 25.1 Å². The second kappa shape index (κ2) is 9.32. The van der Waals surface area contributed by atoms with Gasteiger partial charge in [-0.25, -0.2) is 4.98 Å². The van der Waals surface area contributed by atoms with E-state index in [1.54, 1.807) is 12.5 Å². The summed E-state index contributed by atoms with van der Waals surface area (Å²) in [6, 6.07) is 18.3. The van der Waals surface area contributed by atoms with Crippen molar-refractivity contribution in [1.29, 1.82) is 0 Å². The second-order valence-electron chi connectivity index (χ2n) is 8.36. The van der Waals surface area contributed by atoms with Crippen LogP contribution in [0.5, 0.6) is 0 Å². The highest BCUT2D eigenvalue weighted by molar-refractivity contribution is 5.94. The lowest BCUT2D eigenvalue weighted by Gasteiger charge is -2.24. The molecule has 0 unspecified atom stereocenters. The third-order valence-corrected chi connectivity index (χ3v) is 5.91. The molecule has 2 aromatic carbocycles. The van der Waals surface area contributed by atoms with E-state index in [1.807, 2.05) is 52.2 Å². The topological polar surface area (TPSA) is 60.2 Å². The molecule has 0 radical (unpaired) electrons. The predicted molar refractivity (Wildman–Crippen MR) is 123 cm³/mol. The Kier molecular flexibility index (Phi) is 5.94. The number of fused-ring (bicyclic) bond motifs is 1. The first-order valence-electron chi connectivity index (χ1n) is 11.0. The summed E-state index contributed by atoms with van der Waals surface area (Å²) in [6.07, 6.45) is 8.16. The quantitative estimate of drug-likeness (QED) is 0.487. The zero-order chi connectivity index (χ0) is 21.8. The van der Waals surface area contributed by atoms with Crippen LogP contribution in [0, 0.1) is 5.92 Å². The highest BCUT2D eigenvalue weighted by atomic mass is 16.5. The van der Waals surface area contributed by atoms with Gasteiger partial charge in [0.1, 0.15) is 0 Å². The first kappa shape index (κ1) is 20.4. The SMILES string of the molecule is O=C(c1cccc(Cn2ccnc2)c1)N1CCOC[C@H](Cc2ccc3ncccc3c2)C1. The molecule has 0 bridgehead atoms. The Bertz CT molecular complexity index is 1210. The number of nitrogens with zero attached hydrogens (tertiary/aromatic N) is 4. The maximum absolute atomic E-state index is 13.3. The lowest BCUT2D eigenvalue weighted by molar-refractivity contribution is 0.0737. The second-order valence-corrected chi connectivity index (χ2v) is 8.36. The van der Waals surface area contributed by atoms with Crippen molar-refractivity contribution in [3.63, 3.8) is 0 Å². The van der Waals surface area contributed by atoms with Gasteiger partial charge in [-0.1, -0.05) is 24.3 Å². The molecule has 1 aliphatic heterocycles. The maximum Gasteiger partial charge on any atom is 0.253 e. The van der Waals surface area contributed by atoms with Crippen LogP contribution in [0.15, 0.2) is 79.5 Å². The zero-order valence-corrected chi connectivity index (χ0v) is 17.9. The average molecular weight is 427 g/mol. The van der Waals surface area contributed by atoms with Gasteiger partial charge in [0.2, 0.25) is 0 Å². The van der Waals surface area contributed by atoms with Gasteiger partial charge in [-0.2, -0.15) is 0 Å². The summed E-state index contributed by atoms with van der Waals surface area (Å²) in [4.78, 5) is 23.8. The monoisotopic (exact) mass is 426 g/mol. The van der Waals surface area contributed by atoms with E-state index in [0.717, 1.165) is 28.5 Å². The maximum atomic E-state index is 13.3. The molecule has 1 atom stereocenters. The lowest BCUT2D eigenvalue weighted by Crippen LogP contribution is -2.36. The molecule has 1 saturated heterocycles. The smallest absolute Gasteiger partial charge is 0.253 e. The van der Waals surface area contributed by atoms with Gasteiger partial charge in [0, 0.05) is 55.1 Å². The van der Waals surface area contributed by atoms with Crippen molar-refractivity contribution in [1.82, 2.24) is 19.4 Å². The van der Waals surface area contributed by atoms with Gasteiger partial charge in [0.15, 0.2) is 0 Å². The Balaban J connectivity index is 1.29. The fourth-order valence-electron chi connectivity index (χ4n) is 4.35. The van der Waals surface area contributed by atoms with E-state index < -0.39 is 0 Å². The molecule has 32 heavy (non-hydrogen) atoms. The van der Waals surface area contributed by atoms with E-state index in [0.29, 0.717) is 32.8 Å². The molecule has 1 aliphatic rings. The van der Waals surface area contributed by atoms with Crippen LogP contribution < -0.4 is 0 Å². The van der Waals surface area contributed by atoms with Crippen molar-refractivity contribution < 1.29 is 9.53 Å². The van der Waals surface area contributed by atoms with E-state index in [-0.39, 0.29) is 11.8 Å². The third-order valence-electron chi connectivity index (χ3n) is 5.91. The number of carbonyl (C=O) groups excluding carboxylic acids is 1.